The number of methoxy groups -OCH3 is 1. The minimum absolute atomic E-state index is 0.130. The molecule has 1 fully saturated rings. The number of hydrogen-bond donors (Lipinski definition) is 1. The summed E-state index contributed by atoms with van der Waals surface area (Å²) >= 11 is 0. The van der Waals surface area contributed by atoms with Gasteiger partial charge in [0.2, 0.25) is 0 Å². The molecule has 0 amide bonds. The van der Waals surface area contributed by atoms with Crippen LogP contribution in [0, 0.1) is 0 Å². The summed E-state index contributed by atoms with van der Waals surface area (Å²) in [6.07, 6.45) is 3.85. The van der Waals surface area contributed by atoms with Gasteiger partial charge in [0.25, 0.3) is 0 Å². The van der Waals surface area contributed by atoms with Crippen molar-refractivity contribution in [1.29, 1.82) is 0 Å². The van der Waals surface area contributed by atoms with E-state index in [9.17, 15) is 0 Å². The first-order valence-corrected chi connectivity index (χ1v) is 6.28. The van der Waals surface area contributed by atoms with E-state index in [-0.39, 0.29) is 6.10 Å². The molecule has 1 aromatic heterocycles. The van der Waals surface area contributed by atoms with Crippen LogP contribution in [0.25, 0.3) is 0 Å². The number of hydrogen-bond acceptors (Lipinski definition) is 5. The molecule has 1 atom stereocenters. The van der Waals surface area contributed by atoms with Crippen molar-refractivity contribution < 1.29 is 14.2 Å². The molecular formula is C12H21N3O3. The normalized spacial score (nSPS) is 20.2. The molecule has 1 aliphatic heterocycles. The van der Waals surface area contributed by atoms with Crippen molar-refractivity contribution in [3.05, 3.63) is 18.2 Å². The number of rotatable bonds is 7. The Bertz CT molecular complexity index is 337. The van der Waals surface area contributed by atoms with Crippen molar-refractivity contribution in [2.24, 2.45) is 0 Å². The first-order chi connectivity index (χ1) is 8.90. The van der Waals surface area contributed by atoms with Gasteiger partial charge in [-0.05, 0) is 0 Å². The zero-order valence-electron chi connectivity index (χ0n) is 10.8. The maximum absolute atomic E-state index is 5.64. The highest BCUT2D eigenvalue weighted by molar-refractivity contribution is 4.98. The minimum atomic E-state index is 0.130. The van der Waals surface area contributed by atoms with Crippen LogP contribution < -0.4 is 5.32 Å². The summed E-state index contributed by atoms with van der Waals surface area (Å²) in [5, 5.41) is 3.31. The van der Waals surface area contributed by atoms with E-state index >= 15 is 0 Å². The van der Waals surface area contributed by atoms with E-state index in [1.165, 1.54) is 0 Å². The molecule has 2 rings (SSSR count). The zero-order valence-corrected chi connectivity index (χ0v) is 10.8. The molecule has 6 heteroatoms. The first kappa shape index (κ1) is 13.5. The fraction of sp³-hybridized carbons (Fsp3) is 0.750. The molecule has 2 heterocycles. The predicted molar refractivity (Wildman–Crippen MR) is 66.4 cm³/mol. The molecule has 1 unspecified atom stereocenters. The maximum atomic E-state index is 5.64. The minimum Gasteiger partial charge on any atom is -0.383 e. The average molecular weight is 255 g/mol. The third-order valence-electron chi connectivity index (χ3n) is 2.87. The Kier molecular flexibility index (Phi) is 5.60. The highest BCUT2D eigenvalue weighted by atomic mass is 16.6. The van der Waals surface area contributed by atoms with Crippen LogP contribution in [0.1, 0.15) is 5.69 Å². The van der Waals surface area contributed by atoms with Gasteiger partial charge in [0.15, 0.2) is 0 Å². The standard InChI is InChI=1S/C12H21N3O3/c1-16-3-2-13-6-11-7-14-10-15(11)8-12-9-17-4-5-18-12/h7,10,12-13H,2-6,8-9H2,1H3. The summed E-state index contributed by atoms with van der Waals surface area (Å²) in [6.45, 7) is 5.18. The van der Waals surface area contributed by atoms with Crippen molar-refractivity contribution in [3.63, 3.8) is 0 Å². The van der Waals surface area contributed by atoms with Gasteiger partial charge in [0.1, 0.15) is 0 Å². The van der Waals surface area contributed by atoms with Gasteiger partial charge < -0.3 is 24.1 Å². The highest BCUT2D eigenvalue weighted by Crippen LogP contribution is 2.07. The predicted octanol–water partition coefficient (Wildman–Crippen LogP) is 0.0345. The van der Waals surface area contributed by atoms with Crippen molar-refractivity contribution in [3.8, 4) is 0 Å². The lowest BCUT2D eigenvalue weighted by Crippen LogP contribution is -2.33. The van der Waals surface area contributed by atoms with E-state index in [0.29, 0.717) is 26.4 Å². The Morgan fingerprint density at radius 1 is 1.56 bits per heavy atom. The Morgan fingerprint density at radius 3 is 3.28 bits per heavy atom. The Hall–Kier alpha value is -0.950. The third kappa shape index (κ3) is 4.06. The van der Waals surface area contributed by atoms with Crippen LogP contribution in [0.2, 0.25) is 0 Å². The summed E-state index contributed by atoms with van der Waals surface area (Å²) in [4.78, 5) is 4.18. The number of nitrogens with one attached hydrogen (secondary N) is 1. The molecular weight excluding hydrogens is 234 g/mol. The Balaban J connectivity index is 1.79. The summed E-state index contributed by atoms with van der Waals surface area (Å²) in [5.74, 6) is 0. The number of imidazole rings is 1. The molecule has 0 bridgehead atoms. The third-order valence-corrected chi connectivity index (χ3v) is 2.87. The number of aromatic nitrogens is 2. The van der Waals surface area contributed by atoms with Crippen LogP contribution in [0.15, 0.2) is 12.5 Å². The second-order valence-electron chi connectivity index (χ2n) is 4.27. The van der Waals surface area contributed by atoms with Crippen LogP contribution in [0.4, 0.5) is 0 Å². The van der Waals surface area contributed by atoms with Gasteiger partial charge in [-0.2, -0.15) is 0 Å². The summed E-state index contributed by atoms with van der Waals surface area (Å²) in [5.41, 5.74) is 1.15. The summed E-state index contributed by atoms with van der Waals surface area (Å²) in [7, 11) is 1.70. The quantitative estimate of drug-likeness (QED) is 0.697. The maximum Gasteiger partial charge on any atom is 0.0988 e. The molecule has 102 valence electrons. The summed E-state index contributed by atoms with van der Waals surface area (Å²) in [6, 6.07) is 0. The van der Waals surface area contributed by atoms with Gasteiger partial charge in [-0.1, -0.05) is 0 Å². The first-order valence-electron chi connectivity index (χ1n) is 6.28. The topological polar surface area (TPSA) is 57.5 Å². The molecule has 0 aromatic carbocycles. The second kappa shape index (κ2) is 7.48. The SMILES string of the molecule is COCCNCc1cncn1CC1COCCO1. The fourth-order valence-electron chi connectivity index (χ4n) is 1.91. The van der Waals surface area contributed by atoms with Crippen molar-refractivity contribution in [2.45, 2.75) is 19.2 Å². The lowest BCUT2D eigenvalue weighted by atomic mass is 10.3. The molecule has 1 N–H and O–H groups in total. The van der Waals surface area contributed by atoms with Gasteiger partial charge in [0, 0.05) is 26.4 Å². The van der Waals surface area contributed by atoms with Gasteiger partial charge in [-0.3, -0.25) is 0 Å². The summed E-state index contributed by atoms with van der Waals surface area (Å²) < 4.78 is 18.1. The van der Waals surface area contributed by atoms with Crippen LogP contribution in [-0.4, -0.2) is 55.7 Å². The Labute approximate surface area is 107 Å². The monoisotopic (exact) mass is 255 g/mol. The van der Waals surface area contributed by atoms with Gasteiger partial charge in [0.05, 0.1) is 51.1 Å². The molecule has 0 spiro atoms. The lowest BCUT2D eigenvalue weighted by molar-refractivity contribution is -0.0938. The van der Waals surface area contributed by atoms with E-state index in [4.69, 9.17) is 14.2 Å². The smallest absolute Gasteiger partial charge is 0.0988 e. The van der Waals surface area contributed by atoms with E-state index in [0.717, 1.165) is 25.3 Å². The van der Waals surface area contributed by atoms with E-state index in [1.807, 2.05) is 12.5 Å². The number of ether oxygens (including phenoxy) is 3. The van der Waals surface area contributed by atoms with Crippen LogP contribution >= 0.6 is 0 Å². The van der Waals surface area contributed by atoms with Crippen molar-refractivity contribution >= 4 is 0 Å². The average Bonchev–Trinajstić information content (AvgIpc) is 2.83. The van der Waals surface area contributed by atoms with Crippen LogP contribution in [0.5, 0.6) is 0 Å². The van der Waals surface area contributed by atoms with E-state index in [1.54, 1.807) is 7.11 Å². The van der Waals surface area contributed by atoms with E-state index < -0.39 is 0 Å². The molecule has 0 radical (unpaired) electrons. The Morgan fingerprint density at radius 2 is 2.50 bits per heavy atom. The van der Waals surface area contributed by atoms with Gasteiger partial charge in [-0.15, -0.1) is 0 Å². The molecule has 18 heavy (non-hydrogen) atoms. The molecule has 1 saturated heterocycles. The molecule has 1 aromatic rings. The molecule has 6 nitrogen and oxygen atoms in total. The number of nitrogens with zero attached hydrogens (tertiary/aromatic N) is 2. The van der Waals surface area contributed by atoms with E-state index in [2.05, 4.69) is 14.9 Å². The second-order valence-corrected chi connectivity index (χ2v) is 4.27. The van der Waals surface area contributed by atoms with Crippen LogP contribution in [-0.2, 0) is 27.3 Å². The van der Waals surface area contributed by atoms with Crippen molar-refractivity contribution in [1.82, 2.24) is 14.9 Å². The molecule has 0 aliphatic carbocycles. The molecule has 1 aliphatic rings. The largest absolute Gasteiger partial charge is 0.383 e. The van der Waals surface area contributed by atoms with Gasteiger partial charge >= 0.3 is 0 Å². The zero-order chi connectivity index (χ0) is 12.6. The molecule has 0 saturated carbocycles. The fourth-order valence-corrected chi connectivity index (χ4v) is 1.91. The lowest BCUT2D eigenvalue weighted by Gasteiger charge is -2.24. The highest BCUT2D eigenvalue weighted by Gasteiger charge is 2.15. The van der Waals surface area contributed by atoms with Gasteiger partial charge in [-0.25, -0.2) is 4.98 Å². The van der Waals surface area contributed by atoms with Crippen LogP contribution in [0.3, 0.4) is 0 Å². The van der Waals surface area contributed by atoms with Crippen molar-refractivity contribution in [2.75, 3.05) is 40.1 Å².